The van der Waals surface area contributed by atoms with Crippen LogP contribution in [0.15, 0.2) is 78.9 Å². The Hall–Kier alpha value is -3.07. The van der Waals surface area contributed by atoms with Crippen LogP contribution >= 0.6 is 113 Å². The lowest BCUT2D eigenvalue weighted by Gasteiger charge is -2.04. The highest BCUT2D eigenvalue weighted by molar-refractivity contribution is 7.32. The van der Waals surface area contributed by atoms with Gasteiger partial charge in [0.25, 0.3) is 0 Å². The van der Waals surface area contributed by atoms with Gasteiger partial charge in [0.15, 0.2) is 0 Å². The second kappa shape index (κ2) is 62.4. The fraction of sp³-hybridized carbons (Fsp3) is 0.655. The molecule has 124 heavy (non-hydrogen) atoms. The van der Waals surface area contributed by atoms with Gasteiger partial charge < -0.3 is 0 Å². The lowest BCUT2D eigenvalue weighted by Crippen LogP contribution is -1.90. The normalized spacial score (nSPS) is 11.9. The maximum Gasteiger partial charge on any atom is 0.134 e. The van der Waals surface area contributed by atoms with E-state index in [4.69, 9.17) is 4.98 Å². The number of unbranched alkanes of at least 4 members (excludes halogenated alkanes) is 54. The second-order valence-corrected chi connectivity index (χ2v) is 48.4. The number of aryl methyl sites for hydroxylation is 8. The van der Waals surface area contributed by atoms with Crippen LogP contribution in [0.3, 0.4) is 0 Å². The number of thiazole rings is 1. The topological polar surface area (TPSA) is 12.9 Å². The van der Waals surface area contributed by atoms with Gasteiger partial charge in [-0.1, -0.05) is 388 Å². The molecule has 1 nitrogen and oxygen atoms in total. The van der Waals surface area contributed by atoms with Crippen molar-refractivity contribution in [1.29, 1.82) is 0 Å². The van der Waals surface area contributed by atoms with E-state index in [0.29, 0.717) is 0 Å². The molecule has 0 saturated heterocycles. The minimum absolute atomic E-state index is 1.06. The zero-order valence-corrected chi connectivity index (χ0v) is 87.9. The first-order valence-electron chi connectivity index (χ1n) is 52.2. The number of thiophene rings is 9. The molecule has 0 aliphatic carbocycles. The van der Waals surface area contributed by atoms with Gasteiger partial charge in [0.2, 0.25) is 0 Å². The number of nitrogens with zero attached hydrogens (tertiary/aromatic N) is 1. The van der Waals surface area contributed by atoms with E-state index in [1.807, 2.05) is 45.3 Å². The molecule has 11 heteroatoms. The van der Waals surface area contributed by atoms with E-state index in [1.165, 1.54) is 493 Å². The third-order valence-electron chi connectivity index (χ3n) is 26.2. The van der Waals surface area contributed by atoms with Crippen molar-refractivity contribution in [3.63, 3.8) is 0 Å². The highest BCUT2D eigenvalue weighted by atomic mass is 32.1. The molecule has 0 aromatic carbocycles. The lowest BCUT2D eigenvalue weighted by molar-refractivity contribution is 0.555. The van der Waals surface area contributed by atoms with E-state index >= 15 is 0 Å². The average Bonchev–Trinajstić information content (AvgIpc) is 1.60. The third-order valence-corrected chi connectivity index (χ3v) is 39.0. The standard InChI is InChI=1S/C113H169NS10/c1-9-15-21-27-33-39-45-51-57-63-69-90-83-89(8)116-108(90)104-87-94(73-67-61-55-49-43-37-31-25-19-13-5)111(123-104)113-114-95(74-68-62-56-50-44-38-32-26-20-14-6)112(124-113)102-82-80-99(119-102)98-79-81-101(118-98)107-92(71-65-59-53-47-41-35-29-23-17-11-3)85-106(121-107)110-93(72-66-60-54-48-42-36-30-24-18-12-4)86-105(122-110)109-91(70-64-58-52-46-40-34-28-22-16-10-2)84-103(120-109)100-78-77-97(117-100)96-76-75-88(7)115-96/h75-87H,9-74H2,1-8H3. The minimum atomic E-state index is 1.06. The first-order chi connectivity index (χ1) is 61.2. The number of aromatic nitrogens is 1. The number of hydrogen-bond acceptors (Lipinski definition) is 11. The molecule has 0 spiro atoms. The molecule has 0 amide bonds. The van der Waals surface area contributed by atoms with Gasteiger partial charge >= 0.3 is 0 Å². The van der Waals surface area contributed by atoms with Gasteiger partial charge in [0, 0.05) is 82.9 Å². The Morgan fingerprint density at radius 1 is 0.169 bits per heavy atom. The Balaban J connectivity index is 0.958. The summed E-state index contributed by atoms with van der Waals surface area (Å²) in [6.45, 7) is 18.7. The van der Waals surface area contributed by atoms with E-state index in [2.05, 4.69) is 202 Å². The largest absolute Gasteiger partial charge is 0.240 e. The maximum absolute atomic E-state index is 5.93. The van der Waals surface area contributed by atoms with E-state index in [9.17, 15) is 0 Å². The van der Waals surface area contributed by atoms with Crippen LogP contribution in [0.2, 0.25) is 0 Å². The van der Waals surface area contributed by atoms with E-state index in [-0.39, 0.29) is 0 Å². The SMILES string of the molecule is CCCCCCCCCCCCc1cc(C)sc1-c1cc(CCCCCCCCCCCC)c(-c2nc(CCCCCCCCCCCC)c(-c3ccc(-c4ccc(-c5sc(-c6sc(-c7sc(-c8ccc(-c9ccc(C)s9)s8)cc7CCCCCCCCCCCC)cc6CCCCCCCCCCCC)cc5CCCCCCCCCCCC)s4)s3)s2)s1. The lowest BCUT2D eigenvalue weighted by atomic mass is 10.0. The smallest absolute Gasteiger partial charge is 0.134 e. The molecule has 0 radical (unpaired) electrons. The fourth-order valence-electron chi connectivity index (χ4n) is 18.6. The summed E-state index contributed by atoms with van der Waals surface area (Å²) in [5.41, 5.74) is 9.28. The molecule has 0 fully saturated rings. The van der Waals surface area contributed by atoms with Crippen molar-refractivity contribution < 1.29 is 0 Å². The van der Waals surface area contributed by atoms with Crippen molar-refractivity contribution in [2.24, 2.45) is 0 Å². The summed E-state index contributed by atoms with van der Waals surface area (Å²) in [5.74, 6) is 0. The van der Waals surface area contributed by atoms with Crippen LogP contribution in [-0.2, 0) is 38.5 Å². The van der Waals surface area contributed by atoms with Crippen molar-refractivity contribution in [2.75, 3.05) is 0 Å². The van der Waals surface area contributed by atoms with Gasteiger partial charge in [-0.25, -0.2) is 4.98 Å². The Kier molecular flexibility index (Phi) is 51.8. The summed E-state index contributed by atoms with van der Waals surface area (Å²) in [5, 5.41) is 1.28. The van der Waals surface area contributed by atoms with Crippen LogP contribution < -0.4 is 0 Å². The van der Waals surface area contributed by atoms with Gasteiger partial charge in [-0.05, 0) is 198 Å². The van der Waals surface area contributed by atoms with Crippen LogP contribution in [0.1, 0.15) is 470 Å². The molecule has 0 bridgehead atoms. The Labute approximate surface area is 800 Å². The van der Waals surface area contributed by atoms with Crippen LogP contribution in [0.4, 0.5) is 0 Å². The van der Waals surface area contributed by atoms with Crippen molar-refractivity contribution >= 4 is 113 Å². The monoisotopic (exact) mass is 1860 g/mol. The Morgan fingerprint density at radius 2 is 0.395 bits per heavy atom. The van der Waals surface area contributed by atoms with E-state index in [1.54, 1.807) is 42.4 Å². The molecular weight excluding hydrogens is 1690 g/mol. The van der Waals surface area contributed by atoms with Gasteiger partial charge in [-0.2, -0.15) is 0 Å². The molecule has 0 saturated carbocycles. The highest BCUT2D eigenvalue weighted by Crippen LogP contribution is 2.54. The van der Waals surface area contributed by atoms with E-state index in [0.717, 1.165) is 19.3 Å². The first-order valence-corrected chi connectivity index (χ1v) is 60.3. The molecule has 0 unspecified atom stereocenters. The molecule has 686 valence electrons. The summed E-state index contributed by atoms with van der Waals surface area (Å²) < 4.78 is 0. The molecule has 10 aromatic heterocycles. The summed E-state index contributed by atoms with van der Waals surface area (Å²) in [4.78, 5) is 33.8. The summed E-state index contributed by atoms with van der Waals surface area (Å²) >= 11 is 20.7. The molecule has 10 rings (SSSR count). The zero-order chi connectivity index (χ0) is 86.7. The molecule has 0 aliphatic heterocycles. The number of rotatable bonds is 75. The van der Waals surface area contributed by atoms with E-state index < -0.39 is 0 Å². The predicted octanol–water partition coefficient (Wildman–Crippen LogP) is 44.1. The fourth-order valence-corrected chi connectivity index (χ4v) is 30.6. The van der Waals surface area contributed by atoms with Crippen LogP contribution in [0.5, 0.6) is 0 Å². The molecule has 10 heterocycles. The van der Waals surface area contributed by atoms with Crippen LogP contribution in [0, 0.1) is 13.8 Å². The van der Waals surface area contributed by atoms with Gasteiger partial charge in [-0.15, -0.1) is 113 Å². The van der Waals surface area contributed by atoms with Crippen molar-refractivity contribution in [3.8, 4) is 87.9 Å². The molecular formula is C113H169NS10. The van der Waals surface area contributed by atoms with Crippen LogP contribution in [-0.4, -0.2) is 4.98 Å². The molecule has 0 aliphatic rings. The summed E-state index contributed by atoms with van der Waals surface area (Å²) in [7, 11) is 0. The Morgan fingerprint density at radius 3 is 0.726 bits per heavy atom. The van der Waals surface area contributed by atoms with Gasteiger partial charge in [-0.3, -0.25) is 0 Å². The molecule has 10 aromatic rings. The zero-order valence-electron chi connectivity index (χ0n) is 79.7. The van der Waals surface area contributed by atoms with Gasteiger partial charge in [0.05, 0.1) is 15.4 Å². The second-order valence-electron chi connectivity index (χ2n) is 37.4. The number of hydrogen-bond donors (Lipinski definition) is 0. The van der Waals surface area contributed by atoms with Crippen molar-refractivity contribution in [3.05, 3.63) is 122 Å². The Bertz CT molecular complexity index is 4370. The van der Waals surface area contributed by atoms with Crippen LogP contribution in [0.25, 0.3) is 87.9 Å². The quantitative estimate of drug-likeness (QED) is 0.0346. The summed E-state index contributed by atoms with van der Waals surface area (Å²) in [6.07, 6.45) is 89.2. The minimum Gasteiger partial charge on any atom is -0.240 e. The molecule has 0 N–H and O–H groups in total. The maximum atomic E-state index is 5.93. The summed E-state index contributed by atoms with van der Waals surface area (Å²) in [6, 6.07) is 32.8. The highest BCUT2D eigenvalue weighted by Gasteiger charge is 2.26. The predicted molar refractivity (Wildman–Crippen MR) is 575 cm³/mol. The van der Waals surface area contributed by atoms with Crippen molar-refractivity contribution in [1.82, 2.24) is 4.98 Å². The average molecular weight is 1860 g/mol. The molecule has 0 atom stereocenters. The first kappa shape index (κ1) is 103. The van der Waals surface area contributed by atoms with Gasteiger partial charge in [0.1, 0.15) is 5.01 Å². The third kappa shape index (κ3) is 36.5. The van der Waals surface area contributed by atoms with Crippen molar-refractivity contribution in [2.45, 2.75) is 479 Å².